The van der Waals surface area contributed by atoms with E-state index in [0.29, 0.717) is 23.4 Å². The van der Waals surface area contributed by atoms with Crippen LogP contribution in [0.3, 0.4) is 0 Å². The number of hydrogen-bond donors (Lipinski definition) is 1. The zero-order valence-electron chi connectivity index (χ0n) is 16.9. The first-order valence-electron chi connectivity index (χ1n) is 10.0. The lowest BCUT2D eigenvalue weighted by atomic mass is 10.2. The van der Waals surface area contributed by atoms with Crippen molar-refractivity contribution < 1.29 is 18.3 Å². The van der Waals surface area contributed by atoms with Gasteiger partial charge in [-0.25, -0.2) is 9.78 Å². The van der Waals surface area contributed by atoms with Crippen LogP contribution in [0.2, 0.25) is 0 Å². The molecule has 0 radical (unpaired) electrons. The maximum Gasteiger partial charge on any atom is 0.414 e. The zero-order chi connectivity index (χ0) is 22.2. The van der Waals surface area contributed by atoms with Crippen LogP contribution in [0, 0.1) is 0 Å². The predicted molar refractivity (Wildman–Crippen MR) is 110 cm³/mol. The van der Waals surface area contributed by atoms with Gasteiger partial charge in [0.25, 0.3) is 0 Å². The summed E-state index contributed by atoms with van der Waals surface area (Å²) in [5.74, 6) is 0.559. The van der Waals surface area contributed by atoms with Crippen LogP contribution in [0.1, 0.15) is 25.6 Å². The second kappa shape index (κ2) is 8.18. The number of alkyl halides is 3. The summed E-state index contributed by atoms with van der Waals surface area (Å²) >= 11 is 0. The summed E-state index contributed by atoms with van der Waals surface area (Å²) in [4.78, 5) is 21.7. The van der Waals surface area contributed by atoms with Crippen LogP contribution in [0.15, 0.2) is 47.5 Å². The number of imidazole rings is 2. The lowest BCUT2D eigenvalue weighted by molar-refractivity contribution is -0.205. The minimum atomic E-state index is -4.64. The lowest BCUT2D eigenvalue weighted by Crippen LogP contribution is -2.28. The molecular weight excluding hydrogens is 411 g/mol. The summed E-state index contributed by atoms with van der Waals surface area (Å²) in [6, 6.07) is 9.09. The number of aromatic nitrogens is 5. The first-order chi connectivity index (χ1) is 14.8. The van der Waals surface area contributed by atoms with Gasteiger partial charge in [0.05, 0.1) is 34.8 Å². The highest BCUT2D eigenvalue weighted by Crippen LogP contribution is 2.24. The molecule has 7 nitrogen and oxygen atoms in total. The van der Waals surface area contributed by atoms with E-state index >= 15 is 0 Å². The van der Waals surface area contributed by atoms with E-state index in [1.165, 1.54) is 0 Å². The predicted octanol–water partition coefficient (Wildman–Crippen LogP) is 3.32. The Labute approximate surface area is 175 Å². The van der Waals surface area contributed by atoms with Crippen LogP contribution < -0.4 is 5.69 Å². The molecule has 0 amide bonds. The fourth-order valence-electron chi connectivity index (χ4n) is 3.87. The topological polar surface area (TPSA) is 77.9 Å². The van der Waals surface area contributed by atoms with Gasteiger partial charge in [-0.05, 0) is 38.0 Å². The number of nitrogens with zero attached hydrogens (tertiary/aromatic N) is 5. The fourth-order valence-corrected chi connectivity index (χ4v) is 3.87. The number of para-hydroxylation sites is 2. The van der Waals surface area contributed by atoms with Crippen LogP contribution in [-0.4, -0.2) is 41.1 Å². The lowest BCUT2D eigenvalue weighted by Gasteiger charge is -2.15. The van der Waals surface area contributed by atoms with Crippen molar-refractivity contribution in [1.82, 2.24) is 23.7 Å². The molecule has 3 aromatic heterocycles. The highest BCUT2D eigenvalue weighted by Gasteiger charge is 2.37. The first-order valence-corrected chi connectivity index (χ1v) is 10.0. The number of aliphatic hydroxyl groups is 1. The van der Waals surface area contributed by atoms with E-state index in [2.05, 4.69) is 9.97 Å². The number of aliphatic hydroxyl groups excluding tert-OH is 1. The Hall–Kier alpha value is -3.14. The van der Waals surface area contributed by atoms with Crippen LogP contribution in [0.25, 0.3) is 22.1 Å². The molecule has 4 aromatic rings. The van der Waals surface area contributed by atoms with Gasteiger partial charge in [-0.2, -0.15) is 13.2 Å². The van der Waals surface area contributed by atoms with Crippen LogP contribution in [0.5, 0.6) is 0 Å². The fraction of sp³-hybridized carbons (Fsp3) is 0.381. The van der Waals surface area contributed by atoms with E-state index in [9.17, 15) is 23.1 Å². The third-order valence-corrected chi connectivity index (χ3v) is 5.41. The number of hydrogen-bond acceptors (Lipinski definition) is 4. The summed E-state index contributed by atoms with van der Waals surface area (Å²) in [7, 11) is 0. The summed E-state index contributed by atoms with van der Waals surface area (Å²) in [5, 5.41) is 9.31. The average Bonchev–Trinajstić information content (AvgIpc) is 3.22. The first kappa shape index (κ1) is 21.1. The standard InChI is InChI=1S/C21H22F3N5O2/c1-2-27-16-9-10-25-12-17(16)29(20(27)31)13-19-26-14-6-3-4-7-15(14)28(19)11-5-8-18(30)21(22,23)24/h3-4,6-7,9-10,12,18,30H,2,5,8,11,13H2,1H3. The molecule has 1 atom stereocenters. The number of fused-ring (bicyclic) bond motifs is 2. The number of benzene rings is 1. The van der Waals surface area contributed by atoms with Crippen molar-refractivity contribution in [1.29, 1.82) is 0 Å². The van der Waals surface area contributed by atoms with Gasteiger partial charge in [-0.3, -0.25) is 14.1 Å². The van der Waals surface area contributed by atoms with Gasteiger partial charge in [0, 0.05) is 19.3 Å². The van der Waals surface area contributed by atoms with Gasteiger partial charge in [0.15, 0.2) is 0 Å². The molecule has 1 aromatic carbocycles. The Balaban J connectivity index is 1.71. The Morgan fingerprint density at radius 3 is 2.58 bits per heavy atom. The van der Waals surface area contributed by atoms with E-state index in [1.807, 2.05) is 35.8 Å². The molecule has 0 aliphatic carbocycles. The SMILES string of the molecule is CCn1c(=O)n(Cc2nc3ccccc3n2CCCC(O)C(F)(F)F)c2cnccc21. The number of halogens is 3. The van der Waals surface area contributed by atoms with E-state index < -0.39 is 18.7 Å². The summed E-state index contributed by atoms with van der Waals surface area (Å²) in [6.07, 6.45) is -4.05. The van der Waals surface area contributed by atoms with Gasteiger partial charge < -0.3 is 9.67 Å². The van der Waals surface area contributed by atoms with Gasteiger partial charge in [0.1, 0.15) is 11.9 Å². The van der Waals surface area contributed by atoms with Crippen molar-refractivity contribution in [2.45, 2.75) is 51.7 Å². The summed E-state index contributed by atoms with van der Waals surface area (Å²) in [6.45, 7) is 2.78. The van der Waals surface area contributed by atoms with Crippen molar-refractivity contribution in [2.24, 2.45) is 0 Å². The number of rotatable bonds is 7. The minimum absolute atomic E-state index is 0.112. The molecule has 31 heavy (non-hydrogen) atoms. The second-order valence-electron chi connectivity index (χ2n) is 7.35. The third kappa shape index (κ3) is 3.95. The van der Waals surface area contributed by atoms with E-state index in [0.717, 1.165) is 11.0 Å². The minimum Gasteiger partial charge on any atom is -0.384 e. The van der Waals surface area contributed by atoms with E-state index in [1.54, 1.807) is 27.6 Å². The van der Waals surface area contributed by atoms with Crippen LogP contribution >= 0.6 is 0 Å². The number of aryl methyl sites for hydroxylation is 2. The van der Waals surface area contributed by atoms with Crippen molar-refractivity contribution in [3.63, 3.8) is 0 Å². The zero-order valence-corrected chi connectivity index (χ0v) is 16.9. The van der Waals surface area contributed by atoms with Gasteiger partial charge in [-0.15, -0.1) is 0 Å². The van der Waals surface area contributed by atoms with Gasteiger partial charge in [0.2, 0.25) is 0 Å². The van der Waals surface area contributed by atoms with E-state index in [4.69, 9.17) is 0 Å². The Bertz CT molecular complexity index is 1270. The maximum absolute atomic E-state index is 13.0. The molecule has 0 bridgehead atoms. The molecule has 0 aliphatic rings. The van der Waals surface area contributed by atoms with Gasteiger partial charge in [-0.1, -0.05) is 12.1 Å². The molecule has 0 aliphatic heterocycles. The molecule has 1 unspecified atom stereocenters. The summed E-state index contributed by atoms with van der Waals surface area (Å²) in [5.41, 5.74) is 2.69. The second-order valence-corrected chi connectivity index (χ2v) is 7.35. The quantitative estimate of drug-likeness (QED) is 0.485. The largest absolute Gasteiger partial charge is 0.414 e. The molecule has 0 saturated carbocycles. The van der Waals surface area contributed by atoms with Crippen LogP contribution in [-0.2, 0) is 19.6 Å². The monoisotopic (exact) mass is 433 g/mol. The molecule has 1 N–H and O–H groups in total. The molecule has 0 fully saturated rings. The molecule has 0 saturated heterocycles. The summed E-state index contributed by atoms with van der Waals surface area (Å²) < 4.78 is 43.0. The molecule has 0 spiro atoms. The highest BCUT2D eigenvalue weighted by molar-refractivity contribution is 5.77. The van der Waals surface area contributed by atoms with Crippen LogP contribution in [0.4, 0.5) is 13.2 Å². The molecular formula is C21H22F3N5O2. The van der Waals surface area contributed by atoms with E-state index in [-0.39, 0.29) is 25.2 Å². The highest BCUT2D eigenvalue weighted by atomic mass is 19.4. The van der Waals surface area contributed by atoms with Crippen molar-refractivity contribution in [3.05, 3.63) is 59.0 Å². The number of pyridine rings is 1. The molecule has 3 heterocycles. The van der Waals surface area contributed by atoms with Crippen molar-refractivity contribution in [3.8, 4) is 0 Å². The molecule has 10 heteroatoms. The smallest absolute Gasteiger partial charge is 0.384 e. The Morgan fingerprint density at radius 1 is 1.06 bits per heavy atom. The Kier molecular flexibility index (Phi) is 5.57. The van der Waals surface area contributed by atoms with Crippen molar-refractivity contribution >= 4 is 22.1 Å². The maximum atomic E-state index is 13.0. The molecule has 164 valence electrons. The third-order valence-electron chi connectivity index (χ3n) is 5.41. The molecule has 4 rings (SSSR count). The van der Waals surface area contributed by atoms with Gasteiger partial charge >= 0.3 is 11.9 Å². The normalized spacial score (nSPS) is 13.3. The average molecular weight is 433 g/mol. The van der Waals surface area contributed by atoms with Crippen molar-refractivity contribution in [2.75, 3.05) is 0 Å². The Morgan fingerprint density at radius 2 is 1.84 bits per heavy atom.